The van der Waals surface area contributed by atoms with Crippen LogP contribution >= 0.6 is 0 Å². The molecule has 1 atom stereocenters. The van der Waals surface area contributed by atoms with Gasteiger partial charge in [0, 0.05) is 32.0 Å². The van der Waals surface area contributed by atoms with Crippen molar-refractivity contribution in [1.29, 1.82) is 0 Å². The fourth-order valence-corrected chi connectivity index (χ4v) is 3.98. The summed E-state index contributed by atoms with van der Waals surface area (Å²) in [6.07, 6.45) is 3.15. The van der Waals surface area contributed by atoms with Crippen LogP contribution in [0.2, 0.25) is 0 Å². The molecule has 0 aliphatic carbocycles. The maximum absolute atomic E-state index is 12.7. The van der Waals surface area contributed by atoms with Crippen LogP contribution in [0.25, 0.3) is 0 Å². The van der Waals surface area contributed by atoms with Gasteiger partial charge in [-0.1, -0.05) is 13.3 Å². The molecule has 150 valence electrons. The Bertz CT molecular complexity index is 677. The highest BCUT2D eigenvalue weighted by molar-refractivity contribution is 5.91. The van der Waals surface area contributed by atoms with Crippen LogP contribution in [0.1, 0.15) is 55.8 Å². The standard InChI is InChI=1S/C20H31N3O4/c1-5-6-15(2)23-14-20(27-19(23)25)9-11-22(12-10-20)18(24)17-8-7-16(26-17)13-21(3)4/h7-8,15H,5-6,9-14H2,1-4H3. The van der Waals surface area contributed by atoms with Crippen LogP contribution in [-0.4, -0.2) is 72.1 Å². The Morgan fingerprint density at radius 3 is 2.63 bits per heavy atom. The molecular formula is C20H31N3O4. The van der Waals surface area contributed by atoms with E-state index in [0.717, 1.165) is 18.6 Å². The number of hydrogen-bond acceptors (Lipinski definition) is 5. The third kappa shape index (κ3) is 4.29. The van der Waals surface area contributed by atoms with Crippen LogP contribution < -0.4 is 0 Å². The summed E-state index contributed by atoms with van der Waals surface area (Å²) in [5.41, 5.74) is -0.449. The highest BCUT2D eigenvalue weighted by Crippen LogP contribution is 2.35. The smallest absolute Gasteiger partial charge is 0.410 e. The van der Waals surface area contributed by atoms with Gasteiger partial charge in [0.15, 0.2) is 5.76 Å². The van der Waals surface area contributed by atoms with Crippen molar-refractivity contribution in [3.8, 4) is 0 Å². The molecular weight excluding hydrogens is 346 g/mol. The number of piperidine rings is 1. The normalized spacial score (nSPS) is 20.4. The highest BCUT2D eigenvalue weighted by atomic mass is 16.6. The van der Waals surface area contributed by atoms with Crippen molar-refractivity contribution in [3.05, 3.63) is 23.7 Å². The Labute approximate surface area is 161 Å². The summed E-state index contributed by atoms with van der Waals surface area (Å²) in [5.74, 6) is 1.07. The van der Waals surface area contributed by atoms with Crippen LogP contribution in [-0.2, 0) is 11.3 Å². The van der Waals surface area contributed by atoms with Crippen molar-refractivity contribution >= 4 is 12.0 Å². The fraction of sp³-hybridized carbons (Fsp3) is 0.700. The third-order valence-corrected chi connectivity index (χ3v) is 5.54. The molecule has 7 heteroatoms. The number of hydrogen-bond donors (Lipinski definition) is 0. The molecule has 0 saturated carbocycles. The molecule has 0 radical (unpaired) electrons. The van der Waals surface area contributed by atoms with E-state index < -0.39 is 5.60 Å². The number of nitrogens with zero attached hydrogens (tertiary/aromatic N) is 3. The first-order valence-corrected chi connectivity index (χ1v) is 9.86. The van der Waals surface area contributed by atoms with Gasteiger partial charge >= 0.3 is 6.09 Å². The van der Waals surface area contributed by atoms with E-state index >= 15 is 0 Å². The van der Waals surface area contributed by atoms with Gasteiger partial charge in [-0.2, -0.15) is 0 Å². The van der Waals surface area contributed by atoms with Crippen molar-refractivity contribution in [2.45, 2.75) is 57.7 Å². The second-order valence-electron chi connectivity index (χ2n) is 8.11. The number of ether oxygens (including phenoxy) is 1. The van der Waals surface area contributed by atoms with Gasteiger partial charge in [-0.25, -0.2) is 4.79 Å². The maximum Gasteiger partial charge on any atom is 0.410 e. The predicted molar refractivity (Wildman–Crippen MR) is 102 cm³/mol. The van der Waals surface area contributed by atoms with Crippen molar-refractivity contribution in [3.63, 3.8) is 0 Å². The van der Waals surface area contributed by atoms with Gasteiger partial charge in [-0.15, -0.1) is 0 Å². The molecule has 2 amide bonds. The zero-order valence-electron chi connectivity index (χ0n) is 16.9. The number of amides is 2. The summed E-state index contributed by atoms with van der Waals surface area (Å²) in [7, 11) is 3.92. The lowest BCUT2D eigenvalue weighted by atomic mass is 9.91. The molecule has 1 spiro atoms. The molecule has 0 aromatic carbocycles. The Morgan fingerprint density at radius 2 is 2.00 bits per heavy atom. The van der Waals surface area contributed by atoms with E-state index in [1.807, 2.05) is 30.0 Å². The summed E-state index contributed by atoms with van der Waals surface area (Å²) < 4.78 is 11.5. The van der Waals surface area contributed by atoms with Crippen LogP contribution in [0.5, 0.6) is 0 Å². The average molecular weight is 377 g/mol. The van der Waals surface area contributed by atoms with Crippen LogP contribution in [0.3, 0.4) is 0 Å². The number of rotatable bonds is 6. The topological polar surface area (TPSA) is 66.2 Å². The summed E-state index contributed by atoms with van der Waals surface area (Å²) in [6.45, 7) is 6.64. The zero-order valence-corrected chi connectivity index (χ0v) is 16.9. The lowest BCUT2D eigenvalue weighted by Gasteiger charge is -2.37. The number of furan rings is 1. The van der Waals surface area contributed by atoms with Gasteiger partial charge in [0.05, 0.1) is 13.1 Å². The molecule has 0 bridgehead atoms. The van der Waals surface area contributed by atoms with Gasteiger partial charge in [-0.05, 0) is 39.6 Å². The van der Waals surface area contributed by atoms with E-state index in [2.05, 4.69) is 13.8 Å². The van der Waals surface area contributed by atoms with Gasteiger partial charge in [0.1, 0.15) is 11.4 Å². The summed E-state index contributed by atoms with van der Waals surface area (Å²) in [6, 6.07) is 3.79. The zero-order chi connectivity index (χ0) is 19.6. The molecule has 1 aromatic heterocycles. The molecule has 2 aliphatic rings. The van der Waals surface area contributed by atoms with Crippen molar-refractivity contribution in [2.75, 3.05) is 33.7 Å². The monoisotopic (exact) mass is 377 g/mol. The molecule has 2 saturated heterocycles. The lowest BCUT2D eigenvalue weighted by Crippen LogP contribution is -2.49. The Kier molecular flexibility index (Phi) is 5.79. The largest absolute Gasteiger partial charge is 0.455 e. The first-order valence-electron chi connectivity index (χ1n) is 9.86. The first kappa shape index (κ1) is 19.7. The SMILES string of the molecule is CCCC(C)N1CC2(CCN(C(=O)c3ccc(CN(C)C)o3)CC2)OC1=O. The molecule has 3 heterocycles. The minimum absolute atomic E-state index is 0.0876. The molecule has 2 aliphatic heterocycles. The molecule has 1 unspecified atom stereocenters. The lowest BCUT2D eigenvalue weighted by molar-refractivity contribution is 0.00213. The second kappa shape index (κ2) is 7.92. The van der Waals surface area contributed by atoms with E-state index in [9.17, 15) is 9.59 Å². The van der Waals surface area contributed by atoms with Gasteiger partial charge in [-0.3, -0.25) is 4.79 Å². The van der Waals surface area contributed by atoms with E-state index in [-0.39, 0.29) is 18.0 Å². The summed E-state index contributed by atoms with van der Waals surface area (Å²) >= 11 is 0. The van der Waals surface area contributed by atoms with Crippen LogP contribution in [0.15, 0.2) is 16.5 Å². The minimum Gasteiger partial charge on any atom is -0.455 e. The van der Waals surface area contributed by atoms with Crippen molar-refractivity contribution in [1.82, 2.24) is 14.7 Å². The average Bonchev–Trinajstić information content (AvgIpc) is 3.19. The molecule has 0 N–H and O–H groups in total. The molecule has 2 fully saturated rings. The third-order valence-electron chi connectivity index (χ3n) is 5.54. The van der Waals surface area contributed by atoms with E-state index in [1.54, 1.807) is 11.0 Å². The number of carbonyl (C=O) groups is 2. The van der Waals surface area contributed by atoms with E-state index in [1.165, 1.54) is 0 Å². The molecule has 27 heavy (non-hydrogen) atoms. The number of carbonyl (C=O) groups excluding carboxylic acids is 2. The first-order chi connectivity index (χ1) is 12.8. The van der Waals surface area contributed by atoms with Gasteiger partial charge in [0.25, 0.3) is 5.91 Å². The Hall–Kier alpha value is -2.02. The summed E-state index contributed by atoms with van der Waals surface area (Å²) in [4.78, 5) is 30.7. The van der Waals surface area contributed by atoms with E-state index in [0.29, 0.717) is 44.8 Å². The Morgan fingerprint density at radius 1 is 1.30 bits per heavy atom. The van der Waals surface area contributed by atoms with Crippen molar-refractivity contribution < 1.29 is 18.7 Å². The van der Waals surface area contributed by atoms with Crippen molar-refractivity contribution in [2.24, 2.45) is 0 Å². The minimum atomic E-state index is -0.449. The second-order valence-corrected chi connectivity index (χ2v) is 8.11. The highest BCUT2D eigenvalue weighted by Gasteiger charge is 2.48. The Balaban J connectivity index is 1.58. The number of likely N-dealkylation sites (tertiary alicyclic amines) is 1. The molecule has 1 aromatic rings. The quantitative estimate of drug-likeness (QED) is 0.763. The fourth-order valence-electron chi connectivity index (χ4n) is 3.98. The van der Waals surface area contributed by atoms with Crippen LogP contribution in [0, 0.1) is 0 Å². The van der Waals surface area contributed by atoms with E-state index in [4.69, 9.17) is 9.15 Å². The van der Waals surface area contributed by atoms with Crippen LogP contribution in [0.4, 0.5) is 4.79 Å². The summed E-state index contributed by atoms with van der Waals surface area (Å²) in [5, 5.41) is 0. The molecule has 3 rings (SSSR count). The van der Waals surface area contributed by atoms with Gasteiger partial charge in [0.2, 0.25) is 0 Å². The maximum atomic E-state index is 12.7. The van der Waals surface area contributed by atoms with Gasteiger partial charge < -0.3 is 23.9 Å². The molecule has 7 nitrogen and oxygen atoms in total. The predicted octanol–water partition coefficient (Wildman–Crippen LogP) is 2.96.